The zero-order valence-electron chi connectivity index (χ0n) is 19.1. The van der Waals surface area contributed by atoms with Crippen molar-refractivity contribution in [3.63, 3.8) is 0 Å². The molecule has 1 aliphatic rings. The first-order valence-electron chi connectivity index (χ1n) is 10.5. The monoisotopic (exact) mass is 478 g/mol. The number of aromatic nitrogens is 1. The highest BCUT2D eigenvalue weighted by Crippen LogP contribution is 2.44. The molecule has 0 bridgehead atoms. The van der Waals surface area contributed by atoms with Gasteiger partial charge in [0.15, 0.2) is 0 Å². The summed E-state index contributed by atoms with van der Waals surface area (Å²) in [4.78, 5) is 32.4. The van der Waals surface area contributed by atoms with Crippen molar-refractivity contribution in [2.75, 3.05) is 19.1 Å². The Kier molecular flexibility index (Phi) is 6.30. The number of ether oxygens (including phenoxy) is 2. The first-order chi connectivity index (χ1) is 16.3. The Balaban J connectivity index is 2.00. The summed E-state index contributed by atoms with van der Waals surface area (Å²) in [6, 6.07) is 12.8. The number of aliphatic hydroxyl groups is 1. The molecule has 34 heavy (non-hydrogen) atoms. The lowest BCUT2D eigenvalue weighted by Gasteiger charge is -2.25. The van der Waals surface area contributed by atoms with Crippen molar-refractivity contribution in [1.29, 1.82) is 0 Å². The van der Waals surface area contributed by atoms with Crippen LogP contribution < -0.4 is 14.4 Å². The summed E-state index contributed by atoms with van der Waals surface area (Å²) in [7, 11) is 2.88. The number of anilines is 1. The normalized spacial score (nSPS) is 17.2. The van der Waals surface area contributed by atoms with E-state index in [2.05, 4.69) is 4.98 Å². The Bertz CT molecular complexity index is 1300. The van der Waals surface area contributed by atoms with Crippen molar-refractivity contribution < 1.29 is 24.2 Å². The summed E-state index contributed by atoms with van der Waals surface area (Å²) < 4.78 is 10.6. The maximum atomic E-state index is 13.3. The van der Waals surface area contributed by atoms with Gasteiger partial charge in [0.25, 0.3) is 11.7 Å². The molecule has 8 heteroatoms. The number of aliphatic hydroxyl groups excluding tert-OH is 1. The van der Waals surface area contributed by atoms with Gasteiger partial charge in [-0.2, -0.15) is 0 Å². The number of amides is 1. The number of Topliss-reactive ketones (excluding diaryl/α,β-unsaturated/α-hetero) is 1. The van der Waals surface area contributed by atoms with E-state index < -0.39 is 23.5 Å². The minimum Gasteiger partial charge on any atom is -0.507 e. The van der Waals surface area contributed by atoms with Crippen LogP contribution in [0.1, 0.15) is 28.4 Å². The second-order valence-corrected chi connectivity index (χ2v) is 8.36. The van der Waals surface area contributed by atoms with Gasteiger partial charge in [0, 0.05) is 18.0 Å². The summed E-state index contributed by atoms with van der Waals surface area (Å²) in [6.07, 6.45) is 1.57. The molecule has 0 saturated carbocycles. The number of carbonyl (C=O) groups is 2. The molecule has 0 spiro atoms. The average molecular weight is 479 g/mol. The van der Waals surface area contributed by atoms with Crippen LogP contribution in [0.4, 0.5) is 5.69 Å². The van der Waals surface area contributed by atoms with Gasteiger partial charge in [0.1, 0.15) is 23.3 Å². The first kappa shape index (κ1) is 23.3. The Labute approximate surface area is 202 Å². The van der Waals surface area contributed by atoms with Crippen LogP contribution in [0.2, 0.25) is 5.02 Å². The quantitative estimate of drug-likeness (QED) is 0.315. The molecular formula is C26H23ClN2O5. The molecule has 1 unspecified atom stereocenters. The van der Waals surface area contributed by atoms with Gasteiger partial charge in [-0.15, -0.1) is 0 Å². The number of halogens is 1. The lowest BCUT2D eigenvalue weighted by Crippen LogP contribution is -2.30. The van der Waals surface area contributed by atoms with E-state index in [9.17, 15) is 14.7 Å². The minimum atomic E-state index is -0.951. The first-order valence-corrected chi connectivity index (χ1v) is 10.9. The van der Waals surface area contributed by atoms with Crippen LogP contribution in [-0.4, -0.2) is 36.0 Å². The van der Waals surface area contributed by atoms with E-state index in [0.29, 0.717) is 17.1 Å². The van der Waals surface area contributed by atoms with Crippen LogP contribution in [0.25, 0.3) is 5.76 Å². The highest BCUT2D eigenvalue weighted by atomic mass is 35.5. The van der Waals surface area contributed by atoms with Crippen molar-refractivity contribution >= 4 is 34.7 Å². The summed E-state index contributed by atoms with van der Waals surface area (Å²) in [5.74, 6) is -1.44. The number of aryl methyl sites for hydroxylation is 2. The molecule has 1 amide bonds. The van der Waals surface area contributed by atoms with E-state index in [1.165, 1.54) is 31.3 Å². The fourth-order valence-electron chi connectivity index (χ4n) is 4.20. The topological polar surface area (TPSA) is 89.0 Å². The standard InChI is InChI=1S/C26H23ClN2O5/c1-14-9-15(2)11-16(10-14)29-23(19-7-5-6-8-28-19)22(25(31)26(29)32)24(30)17-12-18(27)21(34-4)13-20(17)33-3/h5-13,23,30H,1-4H3/b24-22+. The molecule has 1 saturated heterocycles. The van der Waals surface area contributed by atoms with Gasteiger partial charge < -0.3 is 14.6 Å². The number of nitrogens with zero attached hydrogens (tertiary/aromatic N) is 2. The summed E-state index contributed by atoms with van der Waals surface area (Å²) in [5.41, 5.74) is 2.88. The summed E-state index contributed by atoms with van der Waals surface area (Å²) in [6.45, 7) is 3.82. The predicted octanol–water partition coefficient (Wildman–Crippen LogP) is 5.00. The zero-order valence-corrected chi connectivity index (χ0v) is 19.9. The van der Waals surface area contributed by atoms with E-state index in [0.717, 1.165) is 11.1 Å². The summed E-state index contributed by atoms with van der Waals surface area (Å²) in [5, 5.41) is 11.6. The van der Waals surface area contributed by atoms with Crippen molar-refractivity contribution in [1.82, 2.24) is 4.98 Å². The highest BCUT2D eigenvalue weighted by Gasteiger charge is 2.48. The number of hydrogen-bond acceptors (Lipinski definition) is 6. The number of carbonyl (C=O) groups excluding carboxylic acids is 2. The van der Waals surface area contributed by atoms with E-state index in [1.807, 2.05) is 32.0 Å². The molecule has 1 aromatic heterocycles. The van der Waals surface area contributed by atoms with Gasteiger partial charge >= 0.3 is 0 Å². The van der Waals surface area contributed by atoms with E-state index in [-0.39, 0.29) is 21.9 Å². The second kappa shape index (κ2) is 9.19. The maximum Gasteiger partial charge on any atom is 0.300 e. The largest absolute Gasteiger partial charge is 0.507 e. The van der Waals surface area contributed by atoms with Crippen LogP contribution in [0.5, 0.6) is 11.5 Å². The molecule has 2 aromatic carbocycles. The lowest BCUT2D eigenvalue weighted by atomic mass is 9.97. The zero-order chi connectivity index (χ0) is 24.6. The lowest BCUT2D eigenvalue weighted by molar-refractivity contribution is -0.132. The SMILES string of the molecule is COc1cc(OC)c(/C(O)=C2\C(=O)C(=O)N(c3cc(C)cc(C)c3)C2c2ccccn2)cc1Cl. The molecule has 7 nitrogen and oxygen atoms in total. The van der Waals surface area contributed by atoms with Crippen LogP contribution in [0, 0.1) is 13.8 Å². The molecule has 1 N–H and O–H groups in total. The number of rotatable bonds is 5. The molecule has 0 radical (unpaired) electrons. The number of pyridine rings is 1. The molecule has 1 aliphatic heterocycles. The number of hydrogen-bond donors (Lipinski definition) is 1. The fourth-order valence-corrected chi connectivity index (χ4v) is 4.44. The maximum absolute atomic E-state index is 13.3. The van der Waals surface area contributed by atoms with Gasteiger partial charge in [-0.1, -0.05) is 23.7 Å². The van der Waals surface area contributed by atoms with E-state index in [4.69, 9.17) is 21.1 Å². The number of benzene rings is 2. The molecule has 174 valence electrons. The van der Waals surface area contributed by atoms with Crippen molar-refractivity contribution in [2.24, 2.45) is 0 Å². The van der Waals surface area contributed by atoms with Crippen LogP contribution in [-0.2, 0) is 9.59 Å². The summed E-state index contributed by atoms with van der Waals surface area (Å²) >= 11 is 6.30. The molecule has 1 fully saturated rings. The third-order valence-corrected chi connectivity index (χ3v) is 5.92. The Morgan fingerprint density at radius 1 is 1.00 bits per heavy atom. The molecule has 2 heterocycles. The van der Waals surface area contributed by atoms with Crippen LogP contribution in [0.15, 0.2) is 60.3 Å². The van der Waals surface area contributed by atoms with Gasteiger partial charge in [-0.25, -0.2) is 0 Å². The van der Waals surface area contributed by atoms with Crippen molar-refractivity contribution in [3.05, 3.63) is 87.7 Å². The molecule has 0 aliphatic carbocycles. The van der Waals surface area contributed by atoms with Gasteiger partial charge in [-0.05, 0) is 55.3 Å². The number of ketones is 1. The Morgan fingerprint density at radius 3 is 2.26 bits per heavy atom. The molecule has 3 aromatic rings. The van der Waals surface area contributed by atoms with Crippen LogP contribution >= 0.6 is 11.6 Å². The molecular weight excluding hydrogens is 456 g/mol. The molecule has 1 atom stereocenters. The third kappa shape index (κ3) is 3.99. The van der Waals surface area contributed by atoms with Crippen molar-refractivity contribution in [2.45, 2.75) is 19.9 Å². The minimum absolute atomic E-state index is 0.109. The van der Waals surface area contributed by atoms with E-state index >= 15 is 0 Å². The molecule has 4 rings (SSSR count). The van der Waals surface area contributed by atoms with Gasteiger partial charge in [0.2, 0.25) is 0 Å². The van der Waals surface area contributed by atoms with E-state index in [1.54, 1.807) is 24.4 Å². The fraction of sp³-hybridized carbons (Fsp3) is 0.192. The Morgan fingerprint density at radius 2 is 1.68 bits per heavy atom. The average Bonchev–Trinajstić information content (AvgIpc) is 3.09. The van der Waals surface area contributed by atoms with Gasteiger partial charge in [0.05, 0.1) is 36.1 Å². The van der Waals surface area contributed by atoms with Crippen molar-refractivity contribution in [3.8, 4) is 11.5 Å². The Hall–Kier alpha value is -3.84. The second-order valence-electron chi connectivity index (χ2n) is 7.96. The predicted molar refractivity (Wildman–Crippen MR) is 129 cm³/mol. The smallest absolute Gasteiger partial charge is 0.300 e. The third-order valence-electron chi connectivity index (χ3n) is 5.63. The highest BCUT2D eigenvalue weighted by molar-refractivity contribution is 6.51. The van der Waals surface area contributed by atoms with Gasteiger partial charge in [-0.3, -0.25) is 19.5 Å². The van der Waals surface area contributed by atoms with Crippen LogP contribution in [0.3, 0.4) is 0 Å². The number of methoxy groups -OCH3 is 2.